The highest BCUT2D eigenvalue weighted by Crippen LogP contribution is 2.20. The fourth-order valence-electron chi connectivity index (χ4n) is 3.04. The standard InChI is InChI=1S/C21H26N2O5S/c1-29(25,26)22-12-11-16-7-9-17(10-8-16)21(24)23-18-4-2-5-19(14-18)28-15-20-6-3-13-27-20/h2,4-5,7-10,14,20,22H,3,6,11-13,15H2,1H3,(H,23,24)/t20-/m1/s1. The molecule has 1 heterocycles. The quantitative estimate of drug-likeness (QED) is 0.653. The molecule has 1 atom stereocenters. The first kappa shape index (κ1) is 21.3. The lowest BCUT2D eigenvalue weighted by molar-refractivity contribution is 0.0680. The van der Waals surface area contributed by atoms with Crippen molar-refractivity contribution >= 4 is 21.6 Å². The molecule has 2 N–H and O–H groups in total. The molecule has 29 heavy (non-hydrogen) atoms. The fourth-order valence-corrected chi connectivity index (χ4v) is 3.51. The van der Waals surface area contributed by atoms with Crippen LogP contribution in [-0.4, -0.2) is 46.4 Å². The molecule has 1 fully saturated rings. The van der Waals surface area contributed by atoms with Crippen molar-refractivity contribution in [3.8, 4) is 5.75 Å². The van der Waals surface area contributed by atoms with Gasteiger partial charge in [0.2, 0.25) is 10.0 Å². The van der Waals surface area contributed by atoms with Gasteiger partial charge in [-0.2, -0.15) is 0 Å². The van der Waals surface area contributed by atoms with E-state index in [0.29, 0.717) is 36.6 Å². The van der Waals surface area contributed by atoms with Gasteiger partial charge in [0.1, 0.15) is 12.4 Å². The van der Waals surface area contributed by atoms with Crippen LogP contribution >= 0.6 is 0 Å². The molecule has 1 amide bonds. The Labute approximate surface area is 171 Å². The average Bonchev–Trinajstić information content (AvgIpc) is 3.20. The van der Waals surface area contributed by atoms with Gasteiger partial charge in [0.05, 0.1) is 12.4 Å². The van der Waals surface area contributed by atoms with Crippen molar-refractivity contribution in [2.24, 2.45) is 0 Å². The number of amides is 1. The van der Waals surface area contributed by atoms with E-state index in [-0.39, 0.29) is 12.0 Å². The van der Waals surface area contributed by atoms with E-state index in [2.05, 4.69) is 10.0 Å². The molecular weight excluding hydrogens is 392 g/mol. The summed E-state index contributed by atoms with van der Waals surface area (Å²) in [4.78, 5) is 12.5. The van der Waals surface area contributed by atoms with Crippen molar-refractivity contribution in [2.45, 2.75) is 25.4 Å². The Kier molecular flexibility index (Phi) is 7.24. The van der Waals surface area contributed by atoms with Crippen molar-refractivity contribution in [1.82, 2.24) is 4.72 Å². The predicted molar refractivity (Wildman–Crippen MR) is 112 cm³/mol. The Bertz CT molecular complexity index is 922. The smallest absolute Gasteiger partial charge is 0.255 e. The molecule has 7 nitrogen and oxygen atoms in total. The molecule has 0 radical (unpaired) electrons. The lowest BCUT2D eigenvalue weighted by Crippen LogP contribution is -2.24. The van der Waals surface area contributed by atoms with Crippen molar-refractivity contribution in [1.29, 1.82) is 0 Å². The van der Waals surface area contributed by atoms with E-state index in [0.717, 1.165) is 31.3 Å². The van der Waals surface area contributed by atoms with Crippen LogP contribution in [0.3, 0.4) is 0 Å². The number of carbonyl (C=O) groups excluding carboxylic acids is 1. The summed E-state index contributed by atoms with van der Waals surface area (Å²) >= 11 is 0. The number of benzene rings is 2. The van der Waals surface area contributed by atoms with Gasteiger partial charge in [-0.25, -0.2) is 13.1 Å². The first-order chi connectivity index (χ1) is 13.9. The van der Waals surface area contributed by atoms with Gasteiger partial charge in [0.25, 0.3) is 5.91 Å². The zero-order chi connectivity index (χ0) is 20.7. The maximum atomic E-state index is 12.5. The van der Waals surface area contributed by atoms with E-state index in [1.807, 2.05) is 30.3 Å². The van der Waals surface area contributed by atoms with Crippen molar-refractivity contribution < 1.29 is 22.7 Å². The predicted octanol–water partition coefficient (Wildman–Crippen LogP) is 2.59. The molecule has 0 spiro atoms. The first-order valence-electron chi connectivity index (χ1n) is 9.58. The molecular formula is C21H26N2O5S. The number of anilines is 1. The summed E-state index contributed by atoms with van der Waals surface area (Å²) in [5, 5.41) is 2.87. The number of hydrogen-bond acceptors (Lipinski definition) is 5. The number of carbonyl (C=O) groups is 1. The molecule has 0 aliphatic carbocycles. The fraction of sp³-hybridized carbons (Fsp3) is 0.381. The van der Waals surface area contributed by atoms with Gasteiger partial charge in [-0.05, 0) is 49.1 Å². The highest BCUT2D eigenvalue weighted by atomic mass is 32.2. The van der Waals surface area contributed by atoms with Crippen LogP contribution in [0.25, 0.3) is 0 Å². The highest BCUT2D eigenvalue weighted by Gasteiger charge is 2.16. The Balaban J connectivity index is 1.52. The minimum absolute atomic E-state index is 0.138. The van der Waals surface area contributed by atoms with E-state index in [1.54, 1.807) is 18.2 Å². The second-order valence-electron chi connectivity index (χ2n) is 7.04. The highest BCUT2D eigenvalue weighted by molar-refractivity contribution is 7.88. The molecule has 156 valence electrons. The van der Waals surface area contributed by atoms with Crippen LogP contribution in [0.1, 0.15) is 28.8 Å². The van der Waals surface area contributed by atoms with E-state index in [1.165, 1.54) is 0 Å². The number of rotatable bonds is 9. The Hall–Kier alpha value is -2.42. The molecule has 8 heteroatoms. The molecule has 0 unspecified atom stereocenters. The van der Waals surface area contributed by atoms with Crippen LogP contribution in [0.4, 0.5) is 5.69 Å². The van der Waals surface area contributed by atoms with Gasteiger partial charge in [-0.1, -0.05) is 18.2 Å². The van der Waals surface area contributed by atoms with Crippen LogP contribution < -0.4 is 14.8 Å². The molecule has 1 saturated heterocycles. The molecule has 0 aromatic heterocycles. The van der Waals surface area contributed by atoms with Gasteiger partial charge in [-0.15, -0.1) is 0 Å². The third-order valence-corrected chi connectivity index (χ3v) is 5.27. The van der Waals surface area contributed by atoms with Gasteiger partial charge in [0.15, 0.2) is 0 Å². The molecule has 2 aromatic rings. The van der Waals surface area contributed by atoms with Gasteiger partial charge in [-0.3, -0.25) is 4.79 Å². The second kappa shape index (κ2) is 9.87. The lowest BCUT2D eigenvalue weighted by atomic mass is 10.1. The van der Waals surface area contributed by atoms with Gasteiger partial charge in [0, 0.05) is 30.5 Å². The summed E-state index contributed by atoms with van der Waals surface area (Å²) < 4.78 is 35.9. The summed E-state index contributed by atoms with van der Waals surface area (Å²) in [6.45, 7) is 1.62. The average molecular weight is 419 g/mol. The number of hydrogen-bond donors (Lipinski definition) is 2. The zero-order valence-corrected chi connectivity index (χ0v) is 17.2. The maximum Gasteiger partial charge on any atom is 0.255 e. The molecule has 2 aromatic carbocycles. The molecule has 0 bridgehead atoms. The summed E-state index contributed by atoms with van der Waals surface area (Å²) in [5.41, 5.74) is 2.12. The minimum atomic E-state index is -3.19. The van der Waals surface area contributed by atoms with Crippen LogP contribution in [0, 0.1) is 0 Å². The number of sulfonamides is 1. The normalized spacial score (nSPS) is 16.5. The first-order valence-corrected chi connectivity index (χ1v) is 11.5. The summed E-state index contributed by atoms with van der Waals surface area (Å²) in [5.74, 6) is 0.467. The van der Waals surface area contributed by atoms with Crippen LogP contribution in [0.2, 0.25) is 0 Å². The number of ether oxygens (including phenoxy) is 2. The number of nitrogens with one attached hydrogen (secondary N) is 2. The van der Waals surface area contributed by atoms with Gasteiger partial charge >= 0.3 is 0 Å². The summed E-state index contributed by atoms with van der Waals surface area (Å²) in [6.07, 6.45) is 3.90. The second-order valence-corrected chi connectivity index (χ2v) is 8.87. The largest absolute Gasteiger partial charge is 0.491 e. The minimum Gasteiger partial charge on any atom is -0.491 e. The van der Waals surface area contributed by atoms with E-state index >= 15 is 0 Å². The van der Waals surface area contributed by atoms with E-state index in [9.17, 15) is 13.2 Å². The molecule has 1 aliphatic heterocycles. The maximum absolute atomic E-state index is 12.5. The van der Waals surface area contributed by atoms with Crippen molar-refractivity contribution in [2.75, 3.05) is 31.3 Å². The molecule has 1 aliphatic rings. The Morgan fingerprint density at radius 1 is 1.21 bits per heavy atom. The van der Waals surface area contributed by atoms with E-state index in [4.69, 9.17) is 9.47 Å². The Morgan fingerprint density at radius 2 is 2.00 bits per heavy atom. The van der Waals surface area contributed by atoms with Gasteiger partial charge < -0.3 is 14.8 Å². The van der Waals surface area contributed by atoms with Crippen LogP contribution in [-0.2, 0) is 21.2 Å². The monoisotopic (exact) mass is 418 g/mol. The summed E-state index contributed by atoms with van der Waals surface area (Å²) in [6, 6.07) is 14.4. The third-order valence-electron chi connectivity index (χ3n) is 4.55. The summed E-state index contributed by atoms with van der Waals surface area (Å²) in [7, 11) is -3.19. The molecule has 0 saturated carbocycles. The van der Waals surface area contributed by atoms with Crippen molar-refractivity contribution in [3.05, 3.63) is 59.7 Å². The lowest BCUT2D eigenvalue weighted by Gasteiger charge is -2.12. The zero-order valence-electron chi connectivity index (χ0n) is 16.4. The third kappa shape index (κ3) is 7.16. The van der Waals surface area contributed by atoms with Crippen LogP contribution in [0.15, 0.2) is 48.5 Å². The molecule has 3 rings (SSSR count). The van der Waals surface area contributed by atoms with Crippen LogP contribution in [0.5, 0.6) is 5.75 Å². The van der Waals surface area contributed by atoms with E-state index < -0.39 is 10.0 Å². The topological polar surface area (TPSA) is 93.7 Å². The SMILES string of the molecule is CS(=O)(=O)NCCc1ccc(C(=O)Nc2cccc(OC[C@H]3CCCO3)c2)cc1. The van der Waals surface area contributed by atoms with Crippen molar-refractivity contribution in [3.63, 3.8) is 0 Å². The Morgan fingerprint density at radius 3 is 2.69 bits per heavy atom.